The molecular weight excluding hydrogens is 486 g/mol. The van der Waals surface area contributed by atoms with Crippen molar-refractivity contribution in [3.63, 3.8) is 0 Å². The molecule has 7 heteroatoms. The zero-order valence-electron chi connectivity index (χ0n) is 21.8. The molecular formula is C30H35NO5S. The summed E-state index contributed by atoms with van der Waals surface area (Å²) >= 11 is 0. The minimum Gasteiger partial charge on any atom is -0.507 e. The third-order valence-corrected chi connectivity index (χ3v) is 9.36. The Bertz CT molecular complexity index is 1480. The predicted octanol–water partition coefficient (Wildman–Crippen LogP) is 6.27. The molecule has 37 heavy (non-hydrogen) atoms. The molecule has 196 valence electrons. The molecule has 0 spiro atoms. The van der Waals surface area contributed by atoms with E-state index in [0.717, 1.165) is 55.2 Å². The Morgan fingerprint density at radius 3 is 2.32 bits per heavy atom. The van der Waals surface area contributed by atoms with Gasteiger partial charge in [0.1, 0.15) is 11.5 Å². The number of hydrogen-bond donors (Lipinski definition) is 2. The van der Waals surface area contributed by atoms with Gasteiger partial charge in [0.25, 0.3) is 10.0 Å². The first-order chi connectivity index (χ1) is 17.7. The fourth-order valence-corrected chi connectivity index (χ4v) is 7.50. The van der Waals surface area contributed by atoms with Crippen LogP contribution in [-0.2, 0) is 22.9 Å². The highest BCUT2D eigenvalue weighted by Crippen LogP contribution is 2.49. The predicted molar refractivity (Wildman–Crippen MR) is 145 cm³/mol. The number of rotatable bonds is 6. The molecule has 2 N–H and O–H groups in total. The lowest BCUT2D eigenvalue weighted by Gasteiger charge is -2.22. The fraction of sp³-hybridized carbons (Fsp3) is 0.433. The van der Waals surface area contributed by atoms with Gasteiger partial charge in [0, 0.05) is 23.6 Å². The van der Waals surface area contributed by atoms with E-state index in [1.54, 1.807) is 32.0 Å². The minimum atomic E-state index is -3.82. The second-order valence-electron chi connectivity index (χ2n) is 10.7. The summed E-state index contributed by atoms with van der Waals surface area (Å²) in [6.45, 7) is 5.55. The second-order valence-corrected chi connectivity index (χ2v) is 12.4. The average molecular weight is 522 g/mol. The zero-order chi connectivity index (χ0) is 26.3. The fourth-order valence-electron chi connectivity index (χ4n) is 5.99. The molecule has 1 atom stereocenters. The number of hydrogen-bond acceptors (Lipinski definition) is 5. The van der Waals surface area contributed by atoms with E-state index in [-0.39, 0.29) is 22.5 Å². The number of nitrogens with one attached hydrogen (secondary N) is 1. The lowest BCUT2D eigenvalue weighted by Crippen LogP contribution is -2.19. The third kappa shape index (κ3) is 5.19. The third-order valence-electron chi connectivity index (χ3n) is 7.67. The monoisotopic (exact) mass is 521 g/mol. The van der Waals surface area contributed by atoms with Crippen LogP contribution in [0.5, 0.6) is 5.75 Å². The van der Waals surface area contributed by atoms with E-state index in [0.29, 0.717) is 41.0 Å². The van der Waals surface area contributed by atoms with Crippen LogP contribution in [0.1, 0.15) is 83.6 Å². The molecule has 6 nitrogen and oxygen atoms in total. The van der Waals surface area contributed by atoms with Gasteiger partial charge < -0.3 is 9.52 Å². The van der Waals surface area contributed by atoms with Crippen molar-refractivity contribution in [1.29, 1.82) is 0 Å². The Hall–Kier alpha value is -3.06. The molecule has 1 heterocycles. The lowest BCUT2D eigenvalue weighted by atomic mass is 9.85. The van der Waals surface area contributed by atoms with Crippen LogP contribution < -0.4 is 10.3 Å². The highest BCUT2D eigenvalue weighted by atomic mass is 32.2. The van der Waals surface area contributed by atoms with E-state index >= 15 is 0 Å². The molecule has 1 unspecified atom stereocenters. The van der Waals surface area contributed by atoms with Gasteiger partial charge in [0.2, 0.25) is 0 Å². The van der Waals surface area contributed by atoms with Crippen LogP contribution in [0.4, 0.5) is 5.69 Å². The maximum Gasteiger partial charge on any atom is 0.343 e. The second kappa shape index (κ2) is 10.0. The van der Waals surface area contributed by atoms with Crippen molar-refractivity contribution in [2.24, 2.45) is 5.92 Å². The topological polar surface area (TPSA) is 96.6 Å². The summed E-state index contributed by atoms with van der Waals surface area (Å²) in [7, 11) is -3.82. The van der Waals surface area contributed by atoms with Crippen LogP contribution >= 0.6 is 0 Å². The molecule has 2 aromatic carbocycles. The van der Waals surface area contributed by atoms with Crippen molar-refractivity contribution in [1.82, 2.24) is 0 Å². The zero-order valence-corrected chi connectivity index (χ0v) is 22.6. The first-order valence-electron chi connectivity index (χ1n) is 13.2. The van der Waals surface area contributed by atoms with Crippen LogP contribution in [0.3, 0.4) is 0 Å². The summed E-state index contributed by atoms with van der Waals surface area (Å²) in [5, 5.41) is 11.4. The summed E-state index contributed by atoms with van der Waals surface area (Å²) < 4.78 is 35.3. The maximum atomic E-state index is 13.4. The molecule has 2 aliphatic rings. The van der Waals surface area contributed by atoms with Gasteiger partial charge in [-0.25, -0.2) is 13.2 Å². The molecule has 3 aromatic rings. The van der Waals surface area contributed by atoms with E-state index in [2.05, 4.69) is 4.72 Å². The highest BCUT2D eigenvalue weighted by Gasteiger charge is 2.38. The number of benzene rings is 2. The molecule has 0 bridgehead atoms. The van der Waals surface area contributed by atoms with Gasteiger partial charge in [-0.1, -0.05) is 42.7 Å². The van der Waals surface area contributed by atoms with Crippen molar-refractivity contribution in [2.45, 2.75) is 83.0 Å². The van der Waals surface area contributed by atoms with Gasteiger partial charge >= 0.3 is 5.63 Å². The molecule has 2 aliphatic carbocycles. The molecule has 0 radical (unpaired) electrons. The van der Waals surface area contributed by atoms with Crippen LogP contribution in [0.2, 0.25) is 0 Å². The van der Waals surface area contributed by atoms with E-state index in [1.807, 2.05) is 25.1 Å². The largest absolute Gasteiger partial charge is 0.507 e. The van der Waals surface area contributed by atoms with Crippen molar-refractivity contribution in [3.05, 3.63) is 86.0 Å². The lowest BCUT2D eigenvalue weighted by molar-refractivity contribution is 0.382. The smallest absolute Gasteiger partial charge is 0.343 e. The van der Waals surface area contributed by atoms with E-state index in [9.17, 15) is 18.3 Å². The Balaban J connectivity index is 1.53. The number of anilines is 1. The number of aromatic hydroxyl groups is 1. The van der Waals surface area contributed by atoms with E-state index in [4.69, 9.17) is 4.42 Å². The van der Waals surface area contributed by atoms with Crippen molar-refractivity contribution >= 4 is 15.7 Å². The standard InChI is InChI=1S/C30H35NO5S/c1-18-15-19(2)29(20(3)16-18)37(34,35)31-23-10-8-9-22(17-23)26(21-13-14-21)27-28(32)24-11-6-4-5-7-12-25(24)36-30(27)33/h8-10,15-17,21,26,31-32H,4-7,11-14H2,1-3H3. The van der Waals surface area contributed by atoms with Gasteiger partial charge in [-0.2, -0.15) is 0 Å². The number of sulfonamides is 1. The van der Waals surface area contributed by atoms with E-state index < -0.39 is 15.6 Å². The Kier molecular flexibility index (Phi) is 6.92. The van der Waals surface area contributed by atoms with Gasteiger partial charge in [-0.05, 0) is 87.6 Å². The van der Waals surface area contributed by atoms with Crippen molar-refractivity contribution in [2.75, 3.05) is 4.72 Å². The molecule has 5 rings (SSSR count). The first-order valence-corrected chi connectivity index (χ1v) is 14.7. The van der Waals surface area contributed by atoms with E-state index in [1.165, 1.54) is 0 Å². The molecule has 1 aromatic heterocycles. The summed E-state index contributed by atoms with van der Waals surface area (Å²) in [6, 6.07) is 10.9. The minimum absolute atomic E-state index is 0.0712. The highest BCUT2D eigenvalue weighted by molar-refractivity contribution is 7.92. The number of aryl methyl sites for hydroxylation is 4. The summed E-state index contributed by atoms with van der Waals surface area (Å²) in [4.78, 5) is 13.5. The van der Waals surface area contributed by atoms with Crippen molar-refractivity contribution < 1.29 is 17.9 Å². The van der Waals surface area contributed by atoms with Crippen molar-refractivity contribution in [3.8, 4) is 5.75 Å². The van der Waals surface area contributed by atoms with Gasteiger partial charge in [-0.15, -0.1) is 0 Å². The van der Waals surface area contributed by atoms with Gasteiger partial charge in [0.05, 0.1) is 10.5 Å². The van der Waals surface area contributed by atoms with Crippen LogP contribution in [0.15, 0.2) is 50.5 Å². The first kappa shape index (κ1) is 25.6. The van der Waals surface area contributed by atoms with Crippen LogP contribution in [0, 0.1) is 26.7 Å². The molecule has 0 amide bonds. The SMILES string of the molecule is Cc1cc(C)c(S(=O)(=O)Nc2cccc(C(c3c(O)c4c(oc3=O)CCCCCC4)C3CC3)c2)c(C)c1. The normalized spacial score (nSPS) is 16.9. The number of fused-ring (bicyclic) bond motifs is 1. The van der Waals surface area contributed by atoms with Crippen LogP contribution in [-0.4, -0.2) is 13.5 Å². The average Bonchev–Trinajstić information content (AvgIpc) is 3.62. The van der Waals surface area contributed by atoms with Crippen LogP contribution in [0.25, 0.3) is 0 Å². The molecule has 1 saturated carbocycles. The van der Waals surface area contributed by atoms with Gasteiger partial charge in [-0.3, -0.25) is 4.72 Å². The summed E-state index contributed by atoms with van der Waals surface area (Å²) in [6.07, 6.45) is 7.35. The maximum absolute atomic E-state index is 13.4. The Morgan fingerprint density at radius 1 is 0.973 bits per heavy atom. The molecule has 1 fully saturated rings. The molecule has 0 aliphatic heterocycles. The quantitative estimate of drug-likeness (QED) is 0.398. The van der Waals surface area contributed by atoms with Gasteiger partial charge in [0.15, 0.2) is 0 Å². The molecule has 0 saturated heterocycles. The Labute approximate surface area is 218 Å². The summed E-state index contributed by atoms with van der Waals surface area (Å²) in [5.74, 6) is 0.543. The Morgan fingerprint density at radius 2 is 1.65 bits per heavy atom. The summed E-state index contributed by atoms with van der Waals surface area (Å²) in [5.41, 5.74) is 4.23.